The zero-order chi connectivity index (χ0) is 12.4. The van der Waals surface area contributed by atoms with E-state index in [9.17, 15) is 0 Å². The molecule has 96 valence electrons. The van der Waals surface area contributed by atoms with Crippen molar-refractivity contribution >= 4 is 22.9 Å². The Morgan fingerprint density at radius 1 is 1.56 bits per heavy atom. The number of hydrogen-bond donors (Lipinski definition) is 1. The van der Waals surface area contributed by atoms with Gasteiger partial charge in [0, 0.05) is 23.7 Å². The number of halogens is 1. The molecule has 0 aromatic carbocycles. The Labute approximate surface area is 115 Å². The lowest BCUT2D eigenvalue weighted by Gasteiger charge is -2.23. The zero-order valence-electron chi connectivity index (χ0n) is 9.97. The van der Waals surface area contributed by atoms with Gasteiger partial charge in [0.05, 0.1) is 17.1 Å². The molecular formula is C12H15ClN4S. The highest BCUT2D eigenvalue weighted by Crippen LogP contribution is 2.37. The molecule has 0 spiro atoms. The van der Waals surface area contributed by atoms with Gasteiger partial charge >= 0.3 is 0 Å². The van der Waals surface area contributed by atoms with E-state index in [1.807, 2.05) is 10.9 Å². The predicted molar refractivity (Wildman–Crippen MR) is 73.0 cm³/mol. The third kappa shape index (κ3) is 2.58. The number of thiophene rings is 1. The molecule has 1 aliphatic carbocycles. The summed E-state index contributed by atoms with van der Waals surface area (Å²) in [4.78, 5) is 1.45. The van der Waals surface area contributed by atoms with Gasteiger partial charge in [-0.05, 0) is 30.9 Å². The average molecular weight is 283 g/mol. The summed E-state index contributed by atoms with van der Waals surface area (Å²) in [5, 5.41) is 11.3. The molecule has 18 heavy (non-hydrogen) atoms. The van der Waals surface area contributed by atoms with Crippen LogP contribution >= 0.6 is 22.9 Å². The summed E-state index contributed by atoms with van der Waals surface area (Å²) in [5.74, 6) is 0. The lowest BCUT2D eigenvalue weighted by atomic mass is 9.94. The highest BCUT2D eigenvalue weighted by Gasteiger charge is 2.21. The summed E-state index contributed by atoms with van der Waals surface area (Å²) < 4.78 is 2.75. The van der Waals surface area contributed by atoms with Crippen molar-refractivity contribution < 1.29 is 0 Å². The summed E-state index contributed by atoms with van der Waals surface area (Å²) in [6.07, 6.45) is 7.20. The molecule has 0 saturated heterocycles. The molecule has 6 heteroatoms. The van der Waals surface area contributed by atoms with Gasteiger partial charge in [-0.15, -0.1) is 16.4 Å². The van der Waals surface area contributed by atoms with Crippen molar-refractivity contribution in [2.24, 2.45) is 0 Å². The molecule has 2 heterocycles. The van der Waals surface area contributed by atoms with Crippen LogP contribution in [0.15, 0.2) is 18.5 Å². The molecular weight excluding hydrogens is 268 g/mol. The maximum absolute atomic E-state index is 6.10. The van der Waals surface area contributed by atoms with Gasteiger partial charge in [0.1, 0.15) is 0 Å². The number of nitrogens with zero attached hydrogens (tertiary/aromatic N) is 3. The van der Waals surface area contributed by atoms with Crippen molar-refractivity contribution in [2.45, 2.75) is 31.8 Å². The largest absolute Gasteiger partial charge is 0.308 e. The van der Waals surface area contributed by atoms with Crippen molar-refractivity contribution in [3.63, 3.8) is 0 Å². The summed E-state index contributed by atoms with van der Waals surface area (Å²) >= 11 is 7.82. The Bertz CT molecular complexity index is 508. The number of nitrogens with one attached hydrogen (secondary N) is 1. The minimum Gasteiger partial charge on any atom is -0.308 e. The Kier molecular flexibility index (Phi) is 3.63. The van der Waals surface area contributed by atoms with Crippen LogP contribution in [0.2, 0.25) is 4.34 Å². The standard InChI is InChI=1S/C12H15ClN4S/c13-12-8-9-10(2-1-3-11(9)18-12)14-4-6-17-7-5-15-16-17/h5,7-8,10,14H,1-4,6H2. The van der Waals surface area contributed by atoms with E-state index in [1.54, 1.807) is 17.5 Å². The van der Waals surface area contributed by atoms with E-state index in [1.165, 1.54) is 29.7 Å². The summed E-state index contributed by atoms with van der Waals surface area (Å²) in [7, 11) is 0. The van der Waals surface area contributed by atoms with Gasteiger partial charge in [-0.25, -0.2) is 0 Å². The number of aromatic nitrogens is 3. The van der Waals surface area contributed by atoms with E-state index in [-0.39, 0.29) is 0 Å². The van der Waals surface area contributed by atoms with Crippen molar-refractivity contribution in [3.8, 4) is 0 Å². The van der Waals surface area contributed by atoms with E-state index < -0.39 is 0 Å². The van der Waals surface area contributed by atoms with Gasteiger partial charge in [-0.2, -0.15) is 0 Å². The normalized spacial score (nSPS) is 18.8. The Hall–Kier alpha value is -0.910. The average Bonchev–Trinajstić information content (AvgIpc) is 2.97. The first-order chi connectivity index (χ1) is 8.83. The van der Waals surface area contributed by atoms with Crippen LogP contribution in [0.4, 0.5) is 0 Å². The van der Waals surface area contributed by atoms with E-state index in [4.69, 9.17) is 11.6 Å². The van der Waals surface area contributed by atoms with E-state index in [2.05, 4.69) is 21.7 Å². The fourth-order valence-corrected chi connectivity index (χ4v) is 3.82. The summed E-state index contributed by atoms with van der Waals surface area (Å²) in [6.45, 7) is 1.75. The molecule has 0 fully saturated rings. The van der Waals surface area contributed by atoms with Crippen LogP contribution in [0.5, 0.6) is 0 Å². The predicted octanol–water partition coefficient (Wildman–Crippen LogP) is 2.66. The Morgan fingerprint density at radius 3 is 3.33 bits per heavy atom. The third-order valence-corrected chi connectivity index (χ3v) is 4.63. The highest BCUT2D eigenvalue weighted by molar-refractivity contribution is 7.16. The molecule has 4 nitrogen and oxygen atoms in total. The molecule has 0 amide bonds. The van der Waals surface area contributed by atoms with Gasteiger partial charge in [-0.3, -0.25) is 4.68 Å². The van der Waals surface area contributed by atoms with E-state index in [0.29, 0.717) is 6.04 Å². The molecule has 2 aromatic heterocycles. The van der Waals surface area contributed by atoms with Crippen molar-refractivity contribution in [1.29, 1.82) is 0 Å². The van der Waals surface area contributed by atoms with Crippen molar-refractivity contribution in [1.82, 2.24) is 20.3 Å². The first kappa shape index (κ1) is 12.1. The maximum Gasteiger partial charge on any atom is 0.0934 e. The molecule has 2 aromatic rings. The molecule has 1 aliphatic rings. The second-order valence-corrected chi connectivity index (χ2v) is 6.26. The topological polar surface area (TPSA) is 42.7 Å². The molecule has 3 rings (SSSR count). The lowest BCUT2D eigenvalue weighted by molar-refractivity contribution is 0.437. The van der Waals surface area contributed by atoms with Gasteiger partial charge in [0.25, 0.3) is 0 Å². The number of fused-ring (bicyclic) bond motifs is 1. The van der Waals surface area contributed by atoms with Crippen molar-refractivity contribution in [3.05, 3.63) is 33.2 Å². The van der Waals surface area contributed by atoms with Gasteiger partial charge in [-0.1, -0.05) is 16.8 Å². The molecule has 0 aliphatic heterocycles. The number of rotatable bonds is 4. The van der Waals surface area contributed by atoms with Crippen molar-refractivity contribution in [2.75, 3.05) is 6.54 Å². The summed E-state index contributed by atoms with van der Waals surface area (Å²) in [5.41, 5.74) is 1.40. The lowest BCUT2D eigenvalue weighted by Crippen LogP contribution is -2.27. The molecule has 1 N–H and O–H groups in total. The minimum absolute atomic E-state index is 0.445. The molecule has 0 radical (unpaired) electrons. The smallest absolute Gasteiger partial charge is 0.0934 e. The third-order valence-electron chi connectivity index (χ3n) is 3.29. The Balaban J connectivity index is 1.60. The fourth-order valence-electron chi connectivity index (χ4n) is 2.44. The molecule has 0 saturated carbocycles. The van der Waals surface area contributed by atoms with Crippen LogP contribution < -0.4 is 5.32 Å². The Morgan fingerprint density at radius 2 is 2.50 bits per heavy atom. The quantitative estimate of drug-likeness (QED) is 0.937. The highest BCUT2D eigenvalue weighted by atomic mass is 35.5. The second kappa shape index (κ2) is 5.38. The van der Waals surface area contributed by atoms with Crippen LogP contribution in [-0.2, 0) is 13.0 Å². The number of aryl methyl sites for hydroxylation is 1. The van der Waals surface area contributed by atoms with Crippen LogP contribution in [0, 0.1) is 0 Å². The van der Waals surface area contributed by atoms with Crippen LogP contribution in [0.25, 0.3) is 0 Å². The minimum atomic E-state index is 0.445. The monoisotopic (exact) mass is 282 g/mol. The van der Waals surface area contributed by atoms with Gasteiger partial charge in [0.2, 0.25) is 0 Å². The van der Waals surface area contributed by atoms with E-state index in [0.717, 1.165) is 17.4 Å². The van der Waals surface area contributed by atoms with E-state index >= 15 is 0 Å². The first-order valence-electron chi connectivity index (χ1n) is 6.18. The van der Waals surface area contributed by atoms with Gasteiger partial charge < -0.3 is 5.32 Å². The molecule has 0 bridgehead atoms. The summed E-state index contributed by atoms with van der Waals surface area (Å²) in [6, 6.07) is 2.56. The second-order valence-electron chi connectivity index (χ2n) is 4.49. The van der Waals surface area contributed by atoms with Crippen LogP contribution in [0.1, 0.15) is 29.3 Å². The number of hydrogen-bond acceptors (Lipinski definition) is 4. The fraction of sp³-hybridized carbons (Fsp3) is 0.500. The molecule has 1 unspecified atom stereocenters. The van der Waals surface area contributed by atoms with Gasteiger partial charge in [0.15, 0.2) is 0 Å². The zero-order valence-corrected chi connectivity index (χ0v) is 11.5. The first-order valence-corrected chi connectivity index (χ1v) is 7.38. The maximum atomic E-state index is 6.10. The molecule has 1 atom stereocenters. The van der Waals surface area contributed by atoms with Crippen LogP contribution in [-0.4, -0.2) is 21.5 Å². The SMILES string of the molecule is Clc1cc2c(s1)CCCC2NCCn1ccnn1. The van der Waals surface area contributed by atoms with Crippen LogP contribution in [0.3, 0.4) is 0 Å².